The minimum Gasteiger partial charge on any atom is -0.347 e. The van der Waals surface area contributed by atoms with Gasteiger partial charge in [0.2, 0.25) is 5.91 Å². The van der Waals surface area contributed by atoms with Gasteiger partial charge < -0.3 is 11.1 Å². The Morgan fingerprint density at radius 1 is 1.67 bits per heavy atom. The van der Waals surface area contributed by atoms with Gasteiger partial charge >= 0.3 is 0 Å². The first-order valence-electron chi connectivity index (χ1n) is 4.74. The van der Waals surface area contributed by atoms with Crippen molar-refractivity contribution in [3.63, 3.8) is 0 Å². The van der Waals surface area contributed by atoms with E-state index in [0.717, 1.165) is 6.42 Å². The highest BCUT2D eigenvalue weighted by molar-refractivity contribution is 7.10. The zero-order valence-corrected chi connectivity index (χ0v) is 10.5. The number of thiophene rings is 1. The van der Waals surface area contributed by atoms with Crippen molar-refractivity contribution in [1.82, 2.24) is 5.32 Å². The van der Waals surface area contributed by atoms with Crippen molar-refractivity contribution in [2.75, 3.05) is 0 Å². The lowest BCUT2D eigenvalue weighted by Crippen LogP contribution is -2.39. The normalized spacial score (nSPS) is 13.8. The lowest BCUT2D eigenvalue weighted by Gasteiger charge is -2.16. The molecule has 3 N–H and O–H groups in total. The first kappa shape index (κ1) is 14.4. The van der Waals surface area contributed by atoms with Crippen LogP contribution in [0.3, 0.4) is 0 Å². The third kappa shape index (κ3) is 4.20. The summed E-state index contributed by atoms with van der Waals surface area (Å²) < 4.78 is 0. The van der Waals surface area contributed by atoms with Crippen molar-refractivity contribution >= 4 is 29.7 Å². The van der Waals surface area contributed by atoms with E-state index in [0.29, 0.717) is 0 Å². The Balaban J connectivity index is 0.00000196. The number of carbonyl (C=O) groups is 1. The number of nitrogens with one attached hydrogen (secondary N) is 1. The number of amides is 1. The van der Waals surface area contributed by atoms with E-state index in [9.17, 15) is 4.79 Å². The summed E-state index contributed by atoms with van der Waals surface area (Å²) in [6.45, 7) is 3.74. The SMILES string of the molecule is CCC(NC(=O)C(C)N)c1cccs1.Cl. The number of hydrogen-bond donors (Lipinski definition) is 2. The molecule has 1 aromatic heterocycles. The number of carbonyl (C=O) groups excluding carboxylic acids is 1. The van der Waals surface area contributed by atoms with E-state index in [2.05, 4.69) is 5.32 Å². The maximum Gasteiger partial charge on any atom is 0.237 e. The van der Waals surface area contributed by atoms with Crippen LogP contribution < -0.4 is 11.1 Å². The summed E-state index contributed by atoms with van der Waals surface area (Å²) in [4.78, 5) is 12.6. The topological polar surface area (TPSA) is 55.1 Å². The summed E-state index contributed by atoms with van der Waals surface area (Å²) in [6, 6.07) is 3.68. The molecule has 2 unspecified atom stereocenters. The van der Waals surface area contributed by atoms with Crippen molar-refractivity contribution in [3.05, 3.63) is 22.4 Å². The van der Waals surface area contributed by atoms with E-state index >= 15 is 0 Å². The van der Waals surface area contributed by atoms with Gasteiger partial charge in [0.05, 0.1) is 12.1 Å². The van der Waals surface area contributed by atoms with Gasteiger partial charge in [-0.3, -0.25) is 4.79 Å². The van der Waals surface area contributed by atoms with Gasteiger partial charge in [0.1, 0.15) is 0 Å². The zero-order chi connectivity index (χ0) is 10.6. The molecule has 1 heterocycles. The summed E-state index contributed by atoms with van der Waals surface area (Å²) in [7, 11) is 0. The van der Waals surface area contributed by atoms with Crippen molar-refractivity contribution < 1.29 is 4.79 Å². The van der Waals surface area contributed by atoms with Crippen LogP contribution in [0.5, 0.6) is 0 Å². The molecule has 3 nitrogen and oxygen atoms in total. The van der Waals surface area contributed by atoms with E-state index in [1.807, 2.05) is 24.4 Å². The van der Waals surface area contributed by atoms with Crippen molar-refractivity contribution in [1.29, 1.82) is 0 Å². The maximum atomic E-state index is 11.4. The summed E-state index contributed by atoms with van der Waals surface area (Å²) >= 11 is 1.65. The van der Waals surface area contributed by atoms with Gasteiger partial charge in [-0.15, -0.1) is 23.7 Å². The molecule has 1 amide bonds. The van der Waals surface area contributed by atoms with Crippen molar-refractivity contribution in [3.8, 4) is 0 Å². The van der Waals surface area contributed by atoms with Gasteiger partial charge in [-0.05, 0) is 24.8 Å². The third-order valence-corrected chi connectivity index (χ3v) is 3.01. The quantitative estimate of drug-likeness (QED) is 0.857. The van der Waals surface area contributed by atoms with Crippen LogP contribution in [0.25, 0.3) is 0 Å². The fourth-order valence-corrected chi connectivity index (χ4v) is 2.03. The van der Waals surface area contributed by atoms with Gasteiger partial charge in [-0.1, -0.05) is 13.0 Å². The van der Waals surface area contributed by atoms with Crippen LogP contribution in [-0.4, -0.2) is 11.9 Å². The van der Waals surface area contributed by atoms with Gasteiger partial charge in [-0.2, -0.15) is 0 Å². The Labute approximate surface area is 100 Å². The molecule has 0 aliphatic heterocycles. The molecule has 2 atom stereocenters. The van der Waals surface area contributed by atoms with Crippen molar-refractivity contribution in [2.45, 2.75) is 32.4 Å². The van der Waals surface area contributed by atoms with E-state index in [1.54, 1.807) is 18.3 Å². The number of rotatable bonds is 4. The molecule has 86 valence electrons. The highest BCUT2D eigenvalue weighted by Crippen LogP contribution is 2.21. The van der Waals surface area contributed by atoms with E-state index in [-0.39, 0.29) is 24.4 Å². The van der Waals surface area contributed by atoms with Crippen LogP contribution in [-0.2, 0) is 4.79 Å². The molecule has 0 aliphatic carbocycles. The van der Waals surface area contributed by atoms with Crippen LogP contribution >= 0.6 is 23.7 Å². The van der Waals surface area contributed by atoms with Crippen LogP contribution in [0.15, 0.2) is 17.5 Å². The molecule has 0 aromatic carbocycles. The fraction of sp³-hybridized carbons (Fsp3) is 0.500. The van der Waals surface area contributed by atoms with Crippen LogP contribution in [0.4, 0.5) is 0 Å². The monoisotopic (exact) mass is 248 g/mol. The van der Waals surface area contributed by atoms with E-state index in [4.69, 9.17) is 5.73 Å². The number of nitrogens with two attached hydrogens (primary N) is 1. The Morgan fingerprint density at radius 3 is 2.73 bits per heavy atom. The standard InChI is InChI=1S/C10H16N2OS.ClH/c1-3-8(9-5-4-6-14-9)12-10(13)7(2)11;/h4-8H,3,11H2,1-2H3,(H,12,13);1H. The first-order valence-corrected chi connectivity index (χ1v) is 5.62. The summed E-state index contributed by atoms with van der Waals surface area (Å²) in [5, 5.41) is 4.92. The Kier molecular flexibility index (Phi) is 6.56. The smallest absolute Gasteiger partial charge is 0.237 e. The summed E-state index contributed by atoms with van der Waals surface area (Å²) in [6.07, 6.45) is 0.888. The average molecular weight is 249 g/mol. The van der Waals surface area contributed by atoms with Crippen LogP contribution in [0, 0.1) is 0 Å². The highest BCUT2D eigenvalue weighted by Gasteiger charge is 2.15. The lowest BCUT2D eigenvalue weighted by molar-refractivity contribution is -0.122. The molecule has 15 heavy (non-hydrogen) atoms. The lowest BCUT2D eigenvalue weighted by atomic mass is 10.2. The predicted molar refractivity (Wildman–Crippen MR) is 66.4 cm³/mol. The van der Waals surface area contributed by atoms with Gasteiger partial charge in [0, 0.05) is 4.88 Å². The van der Waals surface area contributed by atoms with Gasteiger partial charge in [-0.25, -0.2) is 0 Å². The fourth-order valence-electron chi connectivity index (χ4n) is 1.17. The largest absolute Gasteiger partial charge is 0.347 e. The zero-order valence-electron chi connectivity index (χ0n) is 8.90. The molecular weight excluding hydrogens is 232 g/mol. The molecule has 0 fully saturated rings. The second-order valence-electron chi connectivity index (χ2n) is 3.27. The van der Waals surface area contributed by atoms with Crippen LogP contribution in [0.2, 0.25) is 0 Å². The maximum absolute atomic E-state index is 11.4. The highest BCUT2D eigenvalue weighted by atomic mass is 35.5. The van der Waals surface area contributed by atoms with Crippen molar-refractivity contribution in [2.24, 2.45) is 5.73 Å². The molecule has 0 bridgehead atoms. The number of hydrogen-bond acceptors (Lipinski definition) is 3. The van der Waals surface area contributed by atoms with E-state index in [1.165, 1.54) is 4.88 Å². The van der Waals surface area contributed by atoms with E-state index < -0.39 is 6.04 Å². The molecule has 0 saturated heterocycles. The molecule has 1 rings (SSSR count). The Bertz CT molecular complexity index is 288. The first-order chi connectivity index (χ1) is 6.65. The van der Waals surface area contributed by atoms with Gasteiger partial charge in [0.15, 0.2) is 0 Å². The minimum atomic E-state index is -0.441. The number of halogens is 1. The Hall–Kier alpha value is -0.580. The van der Waals surface area contributed by atoms with Gasteiger partial charge in [0.25, 0.3) is 0 Å². The second kappa shape index (κ2) is 6.82. The average Bonchev–Trinajstić information content (AvgIpc) is 2.66. The van der Waals surface area contributed by atoms with Crippen LogP contribution in [0.1, 0.15) is 31.2 Å². The Morgan fingerprint density at radius 2 is 2.33 bits per heavy atom. The molecule has 0 aliphatic rings. The molecule has 1 aromatic rings. The summed E-state index contributed by atoms with van der Waals surface area (Å²) in [5.74, 6) is -0.0924. The molecule has 0 spiro atoms. The second-order valence-corrected chi connectivity index (χ2v) is 4.25. The molecule has 0 radical (unpaired) electrons. The molecule has 0 saturated carbocycles. The summed E-state index contributed by atoms with van der Waals surface area (Å²) in [5.41, 5.74) is 5.48. The molecular formula is C10H17ClN2OS. The minimum absolute atomic E-state index is 0. The predicted octanol–water partition coefficient (Wildman–Crippen LogP) is 2.08. The third-order valence-electron chi connectivity index (χ3n) is 2.02. The molecule has 5 heteroatoms.